The van der Waals surface area contributed by atoms with Crippen molar-refractivity contribution in [1.82, 2.24) is 0 Å². The van der Waals surface area contributed by atoms with Crippen LogP contribution in [0.2, 0.25) is 0 Å². The number of rotatable bonds is 3. The number of benzene rings is 1. The fraction of sp³-hybridized carbons (Fsp3) is 0.455. The normalized spacial score (nSPS) is 13.3. The van der Waals surface area contributed by atoms with Crippen LogP contribution in [-0.4, -0.2) is 6.54 Å². The second kappa shape index (κ2) is 4.51. The van der Waals surface area contributed by atoms with Gasteiger partial charge in [0.05, 0.1) is 0 Å². The van der Waals surface area contributed by atoms with Gasteiger partial charge in [0.25, 0.3) is 6.43 Å². The lowest BCUT2D eigenvalue weighted by Crippen LogP contribution is -2.10. The first kappa shape index (κ1) is 11.1. The minimum absolute atomic E-state index is 0.0749. The molecular formula is C11H15F2N. The lowest BCUT2D eigenvalue weighted by atomic mass is 9.94. The predicted molar refractivity (Wildman–Crippen MR) is 53.6 cm³/mol. The largest absolute Gasteiger partial charge is 0.330 e. The van der Waals surface area contributed by atoms with Crippen LogP contribution in [0.15, 0.2) is 18.2 Å². The molecule has 1 aromatic rings. The third-order valence-corrected chi connectivity index (χ3v) is 2.44. The van der Waals surface area contributed by atoms with Crippen molar-refractivity contribution in [3.05, 3.63) is 34.9 Å². The Balaban J connectivity index is 3.08. The highest BCUT2D eigenvalue weighted by atomic mass is 19.3. The molecule has 1 atom stereocenters. The summed E-state index contributed by atoms with van der Waals surface area (Å²) >= 11 is 0. The van der Waals surface area contributed by atoms with E-state index in [-0.39, 0.29) is 11.5 Å². The molecule has 1 unspecified atom stereocenters. The average molecular weight is 199 g/mol. The van der Waals surface area contributed by atoms with Crippen molar-refractivity contribution in [2.75, 3.05) is 6.54 Å². The lowest BCUT2D eigenvalue weighted by Gasteiger charge is -2.13. The van der Waals surface area contributed by atoms with Crippen LogP contribution >= 0.6 is 0 Å². The van der Waals surface area contributed by atoms with E-state index in [4.69, 9.17) is 5.73 Å². The van der Waals surface area contributed by atoms with Gasteiger partial charge >= 0.3 is 0 Å². The molecule has 0 aliphatic rings. The van der Waals surface area contributed by atoms with Crippen molar-refractivity contribution >= 4 is 0 Å². The van der Waals surface area contributed by atoms with E-state index >= 15 is 0 Å². The molecule has 0 radical (unpaired) electrons. The maximum Gasteiger partial charge on any atom is 0.263 e. The lowest BCUT2D eigenvalue weighted by molar-refractivity contribution is 0.151. The summed E-state index contributed by atoms with van der Waals surface area (Å²) in [4.78, 5) is 0. The first-order valence-electron chi connectivity index (χ1n) is 4.65. The van der Waals surface area contributed by atoms with Crippen LogP contribution in [0.25, 0.3) is 0 Å². The molecule has 0 spiro atoms. The Morgan fingerprint density at radius 1 is 1.36 bits per heavy atom. The summed E-state index contributed by atoms with van der Waals surface area (Å²) in [6.45, 7) is 4.34. The monoisotopic (exact) mass is 199 g/mol. The van der Waals surface area contributed by atoms with Crippen molar-refractivity contribution in [1.29, 1.82) is 0 Å². The fourth-order valence-corrected chi connectivity index (χ4v) is 1.45. The zero-order chi connectivity index (χ0) is 10.7. The second-order valence-electron chi connectivity index (χ2n) is 3.55. The zero-order valence-corrected chi connectivity index (χ0v) is 8.43. The predicted octanol–water partition coefficient (Wildman–Crippen LogP) is 2.99. The Bertz CT molecular complexity index is 310. The standard InChI is InChI=1S/C11H15F2N/c1-7-3-4-9(11(12)13)5-10(7)8(2)6-14/h3-5,8,11H,6,14H2,1-2H3. The number of aryl methyl sites for hydroxylation is 1. The Hall–Kier alpha value is -0.960. The van der Waals surface area contributed by atoms with E-state index in [0.717, 1.165) is 11.1 Å². The van der Waals surface area contributed by atoms with Crippen molar-refractivity contribution in [3.8, 4) is 0 Å². The topological polar surface area (TPSA) is 26.0 Å². The van der Waals surface area contributed by atoms with Crippen LogP contribution in [0.5, 0.6) is 0 Å². The quantitative estimate of drug-likeness (QED) is 0.795. The van der Waals surface area contributed by atoms with Gasteiger partial charge in [0, 0.05) is 5.56 Å². The van der Waals surface area contributed by atoms with Gasteiger partial charge in [-0.25, -0.2) is 8.78 Å². The number of hydrogen-bond acceptors (Lipinski definition) is 1. The van der Waals surface area contributed by atoms with Crippen molar-refractivity contribution in [2.45, 2.75) is 26.2 Å². The molecule has 0 aliphatic heterocycles. The Labute approximate surface area is 82.9 Å². The highest BCUT2D eigenvalue weighted by Crippen LogP contribution is 2.25. The summed E-state index contributed by atoms with van der Waals surface area (Å²) in [5.41, 5.74) is 7.53. The van der Waals surface area contributed by atoms with Gasteiger partial charge < -0.3 is 5.73 Å². The Morgan fingerprint density at radius 3 is 2.50 bits per heavy atom. The molecule has 0 bridgehead atoms. The summed E-state index contributed by atoms with van der Waals surface area (Å²) in [6.07, 6.45) is -2.40. The number of nitrogens with two attached hydrogens (primary N) is 1. The molecule has 0 aliphatic carbocycles. The van der Waals surface area contributed by atoms with E-state index in [0.29, 0.717) is 6.54 Å². The molecule has 2 N–H and O–H groups in total. The first-order valence-corrected chi connectivity index (χ1v) is 4.65. The summed E-state index contributed by atoms with van der Waals surface area (Å²) in [7, 11) is 0. The van der Waals surface area contributed by atoms with E-state index in [1.54, 1.807) is 12.1 Å². The molecule has 14 heavy (non-hydrogen) atoms. The highest BCUT2D eigenvalue weighted by molar-refractivity contribution is 5.34. The van der Waals surface area contributed by atoms with Crippen LogP contribution in [0.3, 0.4) is 0 Å². The average Bonchev–Trinajstić information content (AvgIpc) is 2.17. The minimum atomic E-state index is -2.40. The SMILES string of the molecule is Cc1ccc(C(F)F)cc1C(C)CN. The molecule has 0 saturated carbocycles. The molecule has 0 amide bonds. The minimum Gasteiger partial charge on any atom is -0.330 e. The van der Waals surface area contributed by atoms with Gasteiger partial charge in [0.15, 0.2) is 0 Å². The maximum atomic E-state index is 12.4. The Morgan fingerprint density at radius 2 is 2.00 bits per heavy atom. The summed E-state index contributed by atoms with van der Waals surface area (Å²) in [5.74, 6) is 0.133. The zero-order valence-electron chi connectivity index (χ0n) is 8.43. The van der Waals surface area contributed by atoms with Gasteiger partial charge in [0.2, 0.25) is 0 Å². The Kier molecular flexibility index (Phi) is 3.58. The first-order chi connectivity index (χ1) is 6.56. The molecule has 0 aromatic heterocycles. The van der Waals surface area contributed by atoms with Crippen molar-refractivity contribution < 1.29 is 8.78 Å². The van der Waals surface area contributed by atoms with Crippen molar-refractivity contribution in [3.63, 3.8) is 0 Å². The van der Waals surface area contributed by atoms with E-state index in [2.05, 4.69) is 0 Å². The number of alkyl halides is 2. The van der Waals surface area contributed by atoms with E-state index in [1.165, 1.54) is 6.07 Å². The molecular weight excluding hydrogens is 184 g/mol. The van der Waals surface area contributed by atoms with E-state index in [9.17, 15) is 8.78 Å². The van der Waals surface area contributed by atoms with Gasteiger partial charge in [-0.05, 0) is 36.6 Å². The summed E-state index contributed by atoms with van der Waals surface area (Å²) in [6, 6.07) is 4.74. The smallest absolute Gasteiger partial charge is 0.263 e. The van der Waals surface area contributed by atoms with Crippen LogP contribution < -0.4 is 5.73 Å². The molecule has 78 valence electrons. The number of halogens is 2. The van der Waals surface area contributed by atoms with Gasteiger partial charge in [-0.2, -0.15) is 0 Å². The molecule has 0 saturated heterocycles. The van der Waals surface area contributed by atoms with Gasteiger partial charge in [-0.1, -0.05) is 19.1 Å². The summed E-state index contributed by atoms with van der Waals surface area (Å²) < 4.78 is 24.8. The van der Waals surface area contributed by atoms with Gasteiger partial charge in [0.1, 0.15) is 0 Å². The van der Waals surface area contributed by atoms with E-state index in [1.807, 2.05) is 13.8 Å². The molecule has 3 heteroatoms. The third kappa shape index (κ3) is 2.29. The van der Waals surface area contributed by atoms with Crippen LogP contribution in [0.4, 0.5) is 8.78 Å². The van der Waals surface area contributed by atoms with Gasteiger partial charge in [-0.3, -0.25) is 0 Å². The van der Waals surface area contributed by atoms with Crippen LogP contribution in [-0.2, 0) is 0 Å². The van der Waals surface area contributed by atoms with Crippen LogP contribution in [0.1, 0.15) is 36.0 Å². The third-order valence-electron chi connectivity index (χ3n) is 2.44. The van der Waals surface area contributed by atoms with Crippen molar-refractivity contribution in [2.24, 2.45) is 5.73 Å². The highest BCUT2D eigenvalue weighted by Gasteiger charge is 2.12. The van der Waals surface area contributed by atoms with E-state index < -0.39 is 6.43 Å². The maximum absolute atomic E-state index is 12.4. The summed E-state index contributed by atoms with van der Waals surface area (Å²) in [5, 5.41) is 0. The molecule has 1 nitrogen and oxygen atoms in total. The molecule has 0 fully saturated rings. The molecule has 0 heterocycles. The second-order valence-corrected chi connectivity index (χ2v) is 3.55. The number of hydrogen-bond donors (Lipinski definition) is 1. The fourth-order valence-electron chi connectivity index (χ4n) is 1.45. The molecule has 1 rings (SSSR count). The molecule has 1 aromatic carbocycles. The van der Waals surface area contributed by atoms with Gasteiger partial charge in [-0.15, -0.1) is 0 Å². The van der Waals surface area contributed by atoms with Crippen LogP contribution in [0, 0.1) is 6.92 Å².